The molecule has 4 aromatic rings. The van der Waals surface area contributed by atoms with Gasteiger partial charge in [0.15, 0.2) is 0 Å². The number of rotatable bonds is 9. The average molecular weight is 516 g/mol. The molecule has 0 fully saturated rings. The van der Waals surface area contributed by atoms with E-state index in [2.05, 4.69) is 15.0 Å². The van der Waals surface area contributed by atoms with E-state index < -0.39 is 22.1 Å². The van der Waals surface area contributed by atoms with Crippen molar-refractivity contribution in [3.8, 4) is 16.9 Å². The Bertz CT molecular complexity index is 1460. The van der Waals surface area contributed by atoms with Crippen LogP contribution in [-0.4, -0.2) is 26.0 Å². The fourth-order valence-electron chi connectivity index (χ4n) is 4.13. The molecular formula is C29H29N3O4S. The van der Waals surface area contributed by atoms with Gasteiger partial charge in [0.25, 0.3) is 10.0 Å². The summed E-state index contributed by atoms with van der Waals surface area (Å²) in [6.07, 6.45) is 2.08. The van der Waals surface area contributed by atoms with Crippen LogP contribution in [0.2, 0.25) is 0 Å². The van der Waals surface area contributed by atoms with Crippen LogP contribution in [-0.2, 0) is 16.4 Å². The molecule has 3 aromatic carbocycles. The Labute approximate surface area is 217 Å². The number of benzene rings is 3. The molecule has 2 amide bonds. The zero-order valence-corrected chi connectivity index (χ0v) is 21.5. The van der Waals surface area contributed by atoms with Crippen LogP contribution in [0.15, 0.2) is 102 Å². The third kappa shape index (κ3) is 6.54. The number of aryl methyl sites for hydroxylation is 1. The lowest BCUT2D eigenvalue weighted by Gasteiger charge is -2.22. The first-order chi connectivity index (χ1) is 17.9. The van der Waals surface area contributed by atoms with Gasteiger partial charge in [0.05, 0.1) is 23.2 Å². The third-order valence-electron chi connectivity index (χ3n) is 5.84. The Kier molecular flexibility index (Phi) is 8.20. The number of carbonyl (C=O) groups excluding carboxylic acids is 1. The molecule has 190 valence electrons. The number of sulfonamides is 1. The lowest BCUT2D eigenvalue weighted by molar-refractivity contribution is 0.242. The van der Waals surface area contributed by atoms with Crippen molar-refractivity contribution in [1.82, 2.24) is 15.0 Å². The van der Waals surface area contributed by atoms with Gasteiger partial charge in [-0.05, 0) is 61.2 Å². The first-order valence-electron chi connectivity index (χ1n) is 12.0. The number of nitrogens with one attached hydrogen (secondary N) is 2. The van der Waals surface area contributed by atoms with Gasteiger partial charge < -0.3 is 10.1 Å². The second kappa shape index (κ2) is 11.7. The Morgan fingerprint density at radius 1 is 0.919 bits per heavy atom. The van der Waals surface area contributed by atoms with Crippen molar-refractivity contribution in [2.24, 2.45) is 0 Å². The molecule has 7 nitrogen and oxygen atoms in total. The van der Waals surface area contributed by atoms with Crippen LogP contribution < -0.4 is 14.8 Å². The summed E-state index contributed by atoms with van der Waals surface area (Å²) < 4.78 is 33.5. The molecule has 1 atom stereocenters. The largest absolute Gasteiger partial charge is 0.494 e. The van der Waals surface area contributed by atoms with Crippen molar-refractivity contribution >= 4 is 16.1 Å². The lowest BCUT2D eigenvalue weighted by Crippen LogP contribution is -2.42. The highest BCUT2D eigenvalue weighted by molar-refractivity contribution is 7.90. The number of carbonyl (C=O) groups is 1. The fourth-order valence-corrected chi connectivity index (χ4v) is 5.29. The summed E-state index contributed by atoms with van der Waals surface area (Å²) >= 11 is 0. The second-order valence-corrected chi connectivity index (χ2v) is 10.1. The zero-order valence-electron chi connectivity index (χ0n) is 20.7. The van der Waals surface area contributed by atoms with E-state index in [1.165, 1.54) is 6.07 Å². The van der Waals surface area contributed by atoms with Crippen LogP contribution in [0.5, 0.6) is 5.75 Å². The van der Waals surface area contributed by atoms with Gasteiger partial charge in [-0.3, -0.25) is 4.98 Å². The minimum atomic E-state index is -4.06. The van der Waals surface area contributed by atoms with Crippen LogP contribution in [0.4, 0.5) is 4.79 Å². The molecule has 1 unspecified atom stereocenters. The average Bonchev–Trinajstić information content (AvgIpc) is 2.89. The number of nitrogens with zero attached hydrogens (tertiary/aromatic N) is 1. The van der Waals surface area contributed by atoms with E-state index in [1.54, 1.807) is 31.3 Å². The summed E-state index contributed by atoms with van der Waals surface area (Å²) in [5, 5.41) is 2.85. The molecule has 8 heteroatoms. The van der Waals surface area contributed by atoms with E-state index in [4.69, 9.17) is 4.74 Å². The maximum absolute atomic E-state index is 13.0. The Balaban J connectivity index is 1.65. The number of urea groups is 1. The Morgan fingerprint density at radius 3 is 2.32 bits per heavy atom. The molecular weight excluding hydrogens is 486 g/mol. The van der Waals surface area contributed by atoms with E-state index in [-0.39, 0.29) is 4.90 Å². The summed E-state index contributed by atoms with van der Waals surface area (Å²) in [7, 11) is -4.06. The SMILES string of the molecule is CCOc1ccc(-c2cccnc2C(Cc2ccccc2)NC(=O)NS(=O)(=O)c2ccccc2C)cc1. The van der Waals surface area contributed by atoms with Crippen LogP contribution in [0.3, 0.4) is 0 Å². The van der Waals surface area contributed by atoms with E-state index in [1.807, 2.05) is 73.7 Å². The predicted octanol–water partition coefficient (Wildman–Crippen LogP) is 5.43. The molecule has 0 bridgehead atoms. The molecule has 37 heavy (non-hydrogen) atoms. The quantitative estimate of drug-likeness (QED) is 0.310. The molecule has 0 aliphatic heterocycles. The van der Waals surface area contributed by atoms with E-state index in [0.717, 1.165) is 22.4 Å². The monoisotopic (exact) mass is 515 g/mol. The molecule has 4 rings (SSSR count). The lowest BCUT2D eigenvalue weighted by atomic mass is 9.95. The van der Waals surface area contributed by atoms with E-state index in [0.29, 0.717) is 24.3 Å². The third-order valence-corrected chi connectivity index (χ3v) is 7.33. The van der Waals surface area contributed by atoms with E-state index >= 15 is 0 Å². The maximum Gasteiger partial charge on any atom is 0.329 e. The molecule has 0 saturated heterocycles. The number of pyridine rings is 1. The van der Waals surface area contributed by atoms with Crippen LogP contribution >= 0.6 is 0 Å². The molecule has 0 radical (unpaired) electrons. The molecule has 2 N–H and O–H groups in total. The first-order valence-corrected chi connectivity index (χ1v) is 13.5. The fraction of sp³-hybridized carbons (Fsp3) is 0.172. The molecule has 0 spiro atoms. The van der Waals surface area contributed by atoms with Crippen molar-refractivity contribution in [3.63, 3.8) is 0 Å². The standard InChI is InChI=1S/C29H29N3O4S/c1-3-36-24-17-15-23(16-18-24)25-13-9-19-30-28(25)26(20-22-11-5-4-6-12-22)31-29(33)32-37(34,35)27-14-8-7-10-21(27)2/h4-19,26H,3,20H2,1-2H3,(H2,31,32,33). The summed E-state index contributed by atoms with van der Waals surface area (Å²) in [4.78, 5) is 17.7. The van der Waals surface area contributed by atoms with Crippen molar-refractivity contribution in [1.29, 1.82) is 0 Å². The van der Waals surface area contributed by atoms with Gasteiger partial charge >= 0.3 is 6.03 Å². The number of hydrogen-bond acceptors (Lipinski definition) is 5. The van der Waals surface area contributed by atoms with Gasteiger partial charge in [-0.25, -0.2) is 17.9 Å². The molecule has 1 aromatic heterocycles. The highest BCUT2D eigenvalue weighted by atomic mass is 32.2. The van der Waals surface area contributed by atoms with Crippen LogP contribution in [0.25, 0.3) is 11.1 Å². The molecule has 0 saturated carbocycles. The van der Waals surface area contributed by atoms with Gasteiger partial charge in [0.1, 0.15) is 5.75 Å². The van der Waals surface area contributed by atoms with Crippen LogP contribution in [0.1, 0.15) is 29.8 Å². The summed E-state index contributed by atoms with van der Waals surface area (Å²) in [6.45, 7) is 4.18. The van der Waals surface area contributed by atoms with Gasteiger partial charge in [-0.1, -0.05) is 66.7 Å². The summed E-state index contributed by atoms with van der Waals surface area (Å²) in [6, 6.07) is 26.2. The van der Waals surface area contributed by atoms with Gasteiger partial charge in [-0.15, -0.1) is 0 Å². The minimum absolute atomic E-state index is 0.0534. The normalized spacial score (nSPS) is 11.9. The van der Waals surface area contributed by atoms with Crippen molar-refractivity contribution in [2.75, 3.05) is 6.61 Å². The highest BCUT2D eigenvalue weighted by Gasteiger charge is 2.24. The number of amides is 2. The smallest absolute Gasteiger partial charge is 0.329 e. The summed E-state index contributed by atoms with van der Waals surface area (Å²) in [5.74, 6) is 0.761. The van der Waals surface area contributed by atoms with Crippen molar-refractivity contribution < 1.29 is 17.9 Å². The molecule has 0 aliphatic rings. The molecule has 1 heterocycles. The first kappa shape index (κ1) is 25.9. The van der Waals surface area contributed by atoms with Gasteiger partial charge in [0.2, 0.25) is 0 Å². The van der Waals surface area contributed by atoms with Gasteiger partial charge in [-0.2, -0.15) is 0 Å². The Hall–Kier alpha value is -4.17. The van der Waals surface area contributed by atoms with Crippen LogP contribution in [0, 0.1) is 6.92 Å². The van der Waals surface area contributed by atoms with Gasteiger partial charge in [0, 0.05) is 11.8 Å². The topological polar surface area (TPSA) is 97.4 Å². The Morgan fingerprint density at radius 2 is 1.62 bits per heavy atom. The van der Waals surface area contributed by atoms with Crippen molar-refractivity contribution in [2.45, 2.75) is 31.2 Å². The van der Waals surface area contributed by atoms with Crippen molar-refractivity contribution in [3.05, 3.63) is 114 Å². The highest BCUT2D eigenvalue weighted by Crippen LogP contribution is 2.30. The minimum Gasteiger partial charge on any atom is -0.494 e. The second-order valence-electron chi connectivity index (χ2n) is 8.48. The number of hydrogen-bond donors (Lipinski definition) is 2. The maximum atomic E-state index is 13.0. The summed E-state index contributed by atoms with van der Waals surface area (Å²) in [5.41, 5.74) is 3.87. The van der Waals surface area contributed by atoms with E-state index in [9.17, 15) is 13.2 Å². The predicted molar refractivity (Wildman–Crippen MR) is 144 cm³/mol. The number of ether oxygens (including phenoxy) is 1. The number of aromatic nitrogens is 1. The molecule has 0 aliphatic carbocycles. The zero-order chi connectivity index (χ0) is 26.3.